The van der Waals surface area contributed by atoms with Crippen molar-refractivity contribution in [1.82, 2.24) is 10.6 Å². The minimum atomic E-state index is -1.65. The molecule has 6 N–H and O–H groups in total. The van der Waals surface area contributed by atoms with Crippen LogP contribution in [0.5, 0.6) is 11.5 Å². The lowest BCUT2D eigenvalue weighted by atomic mass is 9.87. The summed E-state index contributed by atoms with van der Waals surface area (Å²) in [6, 6.07) is 10.1. The van der Waals surface area contributed by atoms with Gasteiger partial charge in [-0.1, -0.05) is 12.1 Å². The van der Waals surface area contributed by atoms with Crippen LogP contribution in [0, 0.1) is 6.92 Å². The molecule has 0 spiro atoms. The minimum Gasteiger partial charge on any atom is -0.504 e. The Hall–Kier alpha value is -3.18. The number of phenols is 1. The van der Waals surface area contributed by atoms with Crippen LogP contribution in [0.25, 0.3) is 11.1 Å². The molecule has 10 nitrogen and oxygen atoms in total. The van der Waals surface area contributed by atoms with Crippen LogP contribution in [0.15, 0.2) is 36.4 Å². The van der Waals surface area contributed by atoms with E-state index in [-0.39, 0.29) is 30.6 Å². The number of hydrogen-bond donors (Lipinski definition) is 6. The maximum Gasteiger partial charge on any atom is 0.251 e. The number of aryl methyl sites for hydroxylation is 1. The van der Waals surface area contributed by atoms with E-state index in [4.69, 9.17) is 9.47 Å². The molecule has 1 aliphatic heterocycles. The van der Waals surface area contributed by atoms with Crippen LogP contribution in [0.3, 0.4) is 0 Å². The number of ether oxygens (including phenoxy) is 2. The maximum absolute atomic E-state index is 12.0. The molecule has 3 rings (SSSR count). The van der Waals surface area contributed by atoms with Crippen molar-refractivity contribution in [2.75, 3.05) is 26.8 Å². The van der Waals surface area contributed by atoms with E-state index >= 15 is 0 Å². The third kappa shape index (κ3) is 5.15. The predicted molar refractivity (Wildman–Crippen MR) is 123 cm³/mol. The molecule has 2 aromatic rings. The average molecular weight is 475 g/mol. The van der Waals surface area contributed by atoms with Gasteiger partial charge in [-0.3, -0.25) is 9.59 Å². The first kappa shape index (κ1) is 25.4. The van der Waals surface area contributed by atoms with Crippen LogP contribution in [0.2, 0.25) is 0 Å². The second-order valence-electron chi connectivity index (χ2n) is 8.34. The number of rotatable bonds is 7. The quantitative estimate of drug-likeness (QED) is 0.330. The van der Waals surface area contributed by atoms with Crippen molar-refractivity contribution in [3.05, 3.63) is 47.5 Å². The maximum atomic E-state index is 12.0. The zero-order chi connectivity index (χ0) is 25.0. The first-order chi connectivity index (χ1) is 16.1. The van der Waals surface area contributed by atoms with Gasteiger partial charge < -0.3 is 40.5 Å². The van der Waals surface area contributed by atoms with Crippen molar-refractivity contribution in [2.45, 2.75) is 37.8 Å². The number of aliphatic hydroxyl groups is 3. The highest BCUT2D eigenvalue weighted by Gasteiger charge is 2.52. The molecule has 0 aliphatic carbocycles. The normalized spacial score (nSPS) is 24.4. The Balaban J connectivity index is 2.03. The molecule has 0 bridgehead atoms. The standard InChI is InChI=1S/C24H30N2O8/c1-13-7-17(15-5-4-6-16(8-15)23(32)25-3)9-18(20(13)29)34-24(11-26-14(2)28)12-33-19(10-27)21(30)22(24)31/h4-9,19,21-22,27,29-31H,10-12H2,1-3H3,(H,25,32)(H,26,28). The Bertz CT molecular complexity index is 1060. The van der Waals surface area contributed by atoms with E-state index in [0.717, 1.165) is 0 Å². The highest BCUT2D eigenvalue weighted by Crippen LogP contribution is 2.39. The van der Waals surface area contributed by atoms with Gasteiger partial charge in [0.2, 0.25) is 5.91 Å². The van der Waals surface area contributed by atoms with Crippen LogP contribution in [-0.2, 0) is 9.53 Å². The Morgan fingerprint density at radius 2 is 1.94 bits per heavy atom. The molecule has 4 atom stereocenters. The second kappa shape index (κ2) is 10.4. The molecular formula is C24H30N2O8. The average Bonchev–Trinajstić information content (AvgIpc) is 2.83. The van der Waals surface area contributed by atoms with Gasteiger partial charge in [0, 0.05) is 19.5 Å². The Morgan fingerprint density at radius 1 is 1.21 bits per heavy atom. The Morgan fingerprint density at radius 3 is 2.59 bits per heavy atom. The lowest BCUT2D eigenvalue weighted by molar-refractivity contribution is -0.229. The van der Waals surface area contributed by atoms with Gasteiger partial charge >= 0.3 is 0 Å². The smallest absolute Gasteiger partial charge is 0.251 e. The molecule has 2 amide bonds. The zero-order valence-corrected chi connectivity index (χ0v) is 19.2. The number of amides is 2. The van der Waals surface area contributed by atoms with E-state index in [0.29, 0.717) is 22.3 Å². The number of aromatic hydroxyl groups is 1. The van der Waals surface area contributed by atoms with Crippen LogP contribution in [0.4, 0.5) is 0 Å². The van der Waals surface area contributed by atoms with Gasteiger partial charge in [0.15, 0.2) is 17.1 Å². The van der Waals surface area contributed by atoms with Crippen molar-refractivity contribution < 1.29 is 39.5 Å². The van der Waals surface area contributed by atoms with Crippen molar-refractivity contribution >= 4 is 11.8 Å². The summed E-state index contributed by atoms with van der Waals surface area (Å²) < 4.78 is 11.6. The van der Waals surface area contributed by atoms with Gasteiger partial charge in [-0.15, -0.1) is 0 Å². The van der Waals surface area contributed by atoms with E-state index < -0.39 is 36.4 Å². The third-order valence-electron chi connectivity index (χ3n) is 5.87. The highest BCUT2D eigenvalue weighted by atomic mass is 16.6. The van der Waals surface area contributed by atoms with Gasteiger partial charge in [0.1, 0.15) is 18.3 Å². The van der Waals surface area contributed by atoms with Crippen LogP contribution in [-0.4, -0.2) is 83.0 Å². The first-order valence-corrected chi connectivity index (χ1v) is 10.8. The second-order valence-corrected chi connectivity index (χ2v) is 8.34. The Kier molecular flexibility index (Phi) is 7.78. The molecule has 2 aromatic carbocycles. The van der Waals surface area contributed by atoms with Crippen molar-refractivity contribution in [2.24, 2.45) is 0 Å². The molecule has 0 saturated carbocycles. The summed E-state index contributed by atoms with van der Waals surface area (Å²) >= 11 is 0. The molecule has 1 heterocycles. The van der Waals surface area contributed by atoms with Crippen LogP contribution < -0.4 is 15.4 Å². The highest BCUT2D eigenvalue weighted by molar-refractivity contribution is 5.95. The summed E-state index contributed by atoms with van der Waals surface area (Å²) in [5.41, 5.74) is 0.581. The topological polar surface area (TPSA) is 158 Å². The fourth-order valence-electron chi connectivity index (χ4n) is 3.86. The summed E-state index contributed by atoms with van der Waals surface area (Å²) in [6.07, 6.45) is -4.08. The van der Waals surface area contributed by atoms with Crippen molar-refractivity contribution in [3.8, 4) is 22.6 Å². The van der Waals surface area contributed by atoms with E-state index in [9.17, 15) is 30.0 Å². The SMILES string of the molecule is CNC(=O)c1cccc(-c2cc(C)c(O)c(OC3(CNC(C)=O)COC(CO)C(O)C3O)c2)c1. The minimum absolute atomic E-state index is 0.0111. The first-order valence-electron chi connectivity index (χ1n) is 10.8. The van der Waals surface area contributed by atoms with Gasteiger partial charge in [-0.05, 0) is 47.9 Å². The number of carbonyl (C=O) groups is 2. The fraction of sp³-hybridized carbons (Fsp3) is 0.417. The fourth-order valence-corrected chi connectivity index (χ4v) is 3.86. The summed E-state index contributed by atoms with van der Waals surface area (Å²) in [7, 11) is 1.54. The lowest BCUT2D eigenvalue weighted by Crippen LogP contribution is -2.68. The summed E-state index contributed by atoms with van der Waals surface area (Å²) in [5, 5.41) is 46.6. The van der Waals surface area contributed by atoms with Gasteiger partial charge in [-0.25, -0.2) is 0 Å². The lowest BCUT2D eigenvalue weighted by Gasteiger charge is -2.46. The summed E-state index contributed by atoms with van der Waals surface area (Å²) in [4.78, 5) is 23.6. The molecule has 0 aromatic heterocycles. The molecule has 0 radical (unpaired) electrons. The number of benzene rings is 2. The molecule has 1 fully saturated rings. The van der Waals surface area contributed by atoms with Gasteiger partial charge in [-0.2, -0.15) is 0 Å². The molecular weight excluding hydrogens is 444 g/mol. The molecule has 1 saturated heterocycles. The van der Waals surface area contributed by atoms with E-state index in [1.54, 1.807) is 37.3 Å². The number of nitrogens with one attached hydrogen (secondary N) is 2. The van der Waals surface area contributed by atoms with Crippen LogP contribution in [0.1, 0.15) is 22.8 Å². The predicted octanol–water partition coefficient (Wildman–Crippen LogP) is 0.0938. The molecule has 10 heteroatoms. The third-order valence-corrected chi connectivity index (χ3v) is 5.87. The summed E-state index contributed by atoms with van der Waals surface area (Å²) in [6.45, 7) is 1.94. The van der Waals surface area contributed by atoms with E-state index in [1.165, 1.54) is 20.0 Å². The number of phenolic OH excluding ortho intramolecular Hbond substituents is 1. The van der Waals surface area contributed by atoms with Crippen molar-refractivity contribution in [3.63, 3.8) is 0 Å². The monoisotopic (exact) mass is 474 g/mol. The number of aliphatic hydroxyl groups excluding tert-OH is 3. The Labute approximate surface area is 197 Å². The molecule has 1 aliphatic rings. The number of carbonyl (C=O) groups excluding carboxylic acids is 2. The molecule has 4 unspecified atom stereocenters. The summed E-state index contributed by atoms with van der Waals surface area (Å²) in [5.74, 6) is -0.852. The zero-order valence-electron chi connectivity index (χ0n) is 19.2. The van der Waals surface area contributed by atoms with E-state index in [2.05, 4.69) is 10.6 Å². The van der Waals surface area contributed by atoms with Crippen molar-refractivity contribution in [1.29, 1.82) is 0 Å². The molecule has 184 valence electrons. The number of hydrogen-bond acceptors (Lipinski definition) is 8. The molecule has 34 heavy (non-hydrogen) atoms. The van der Waals surface area contributed by atoms with Crippen LogP contribution >= 0.6 is 0 Å². The van der Waals surface area contributed by atoms with E-state index in [1.807, 2.05) is 0 Å². The largest absolute Gasteiger partial charge is 0.504 e. The van der Waals surface area contributed by atoms with Gasteiger partial charge in [0.25, 0.3) is 5.91 Å². The van der Waals surface area contributed by atoms with Gasteiger partial charge in [0.05, 0.1) is 19.8 Å².